The van der Waals surface area contributed by atoms with E-state index in [0.29, 0.717) is 5.92 Å². The quantitative estimate of drug-likeness (QED) is 0.745. The van der Waals surface area contributed by atoms with Gasteiger partial charge in [-0.1, -0.05) is 42.1 Å². The molecule has 0 radical (unpaired) electrons. The van der Waals surface area contributed by atoms with Crippen molar-refractivity contribution in [3.63, 3.8) is 0 Å². The summed E-state index contributed by atoms with van der Waals surface area (Å²) in [6.07, 6.45) is 4.64. The van der Waals surface area contributed by atoms with Crippen LogP contribution in [0, 0.1) is 0 Å². The zero-order valence-corrected chi connectivity index (χ0v) is 15.4. The molecule has 0 spiro atoms. The Kier molecular flexibility index (Phi) is 4.79. The second kappa shape index (κ2) is 7.20. The fourth-order valence-corrected chi connectivity index (χ4v) is 4.29. The first-order chi connectivity index (χ1) is 12.2. The summed E-state index contributed by atoms with van der Waals surface area (Å²) in [4.78, 5) is 14.6. The highest BCUT2D eigenvalue weighted by Crippen LogP contribution is 2.40. The van der Waals surface area contributed by atoms with Gasteiger partial charge in [0.2, 0.25) is 5.91 Å². The molecular weight excluding hydrogens is 332 g/mol. The molecule has 1 amide bonds. The lowest BCUT2D eigenvalue weighted by Crippen LogP contribution is -2.34. The molecule has 5 nitrogen and oxygen atoms in total. The lowest BCUT2D eigenvalue weighted by Gasteiger charge is -2.20. The van der Waals surface area contributed by atoms with Crippen molar-refractivity contribution in [2.75, 3.05) is 13.1 Å². The standard InChI is InChI=1S/C19H24N4OS/c1-14(18(24)22-11-5-6-12-22)25-19-21-20-17(16-9-10-16)23(19)13-15-7-3-2-4-8-15/h2-4,7-8,14,16H,5-6,9-13H2,1H3/t14-/m0/s1. The number of likely N-dealkylation sites (tertiary alicyclic amines) is 1. The molecule has 1 atom stereocenters. The van der Waals surface area contributed by atoms with Gasteiger partial charge in [0.25, 0.3) is 0 Å². The summed E-state index contributed by atoms with van der Waals surface area (Å²) in [7, 11) is 0. The molecule has 6 heteroatoms. The van der Waals surface area contributed by atoms with Crippen molar-refractivity contribution in [1.29, 1.82) is 0 Å². The number of amides is 1. The first kappa shape index (κ1) is 16.6. The van der Waals surface area contributed by atoms with E-state index >= 15 is 0 Å². The van der Waals surface area contributed by atoms with Crippen LogP contribution < -0.4 is 0 Å². The van der Waals surface area contributed by atoms with E-state index in [2.05, 4.69) is 39.0 Å². The molecule has 1 aliphatic heterocycles. The van der Waals surface area contributed by atoms with Gasteiger partial charge in [-0.2, -0.15) is 0 Å². The van der Waals surface area contributed by atoms with E-state index in [-0.39, 0.29) is 11.2 Å². The van der Waals surface area contributed by atoms with Crippen molar-refractivity contribution in [3.05, 3.63) is 41.7 Å². The summed E-state index contributed by atoms with van der Waals surface area (Å²) in [6, 6.07) is 10.4. The molecule has 1 aliphatic carbocycles. The van der Waals surface area contributed by atoms with E-state index < -0.39 is 0 Å². The average molecular weight is 356 g/mol. The molecular formula is C19H24N4OS. The number of benzene rings is 1. The third-order valence-electron chi connectivity index (χ3n) is 4.92. The molecule has 0 unspecified atom stereocenters. The van der Waals surface area contributed by atoms with E-state index in [9.17, 15) is 4.79 Å². The molecule has 25 heavy (non-hydrogen) atoms. The Morgan fingerprint density at radius 2 is 1.92 bits per heavy atom. The molecule has 1 aromatic carbocycles. The van der Waals surface area contributed by atoms with Crippen LogP contribution in [0.3, 0.4) is 0 Å². The van der Waals surface area contributed by atoms with Gasteiger partial charge in [0.15, 0.2) is 5.16 Å². The van der Waals surface area contributed by atoms with Gasteiger partial charge in [-0.25, -0.2) is 0 Å². The highest BCUT2D eigenvalue weighted by molar-refractivity contribution is 8.00. The Morgan fingerprint density at radius 1 is 1.20 bits per heavy atom. The smallest absolute Gasteiger partial charge is 0.235 e. The van der Waals surface area contributed by atoms with Gasteiger partial charge in [0.1, 0.15) is 5.82 Å². The summed E-state index contributed by atoms with van der Waals surface area (Å²) in [5.74, 6) is 1.84. The predicted octanol–water partition coefficient (Wildman–Crippen LogP) is 3.31. The number of nitrogens with zero attached hydrogens (tertiary/aromatic N) is 4. The number of hydrogen-bond donors (Lipinski definition) is 0. The molecule has 4 rings (SSSR count). The molecule has 2 aromatic rings. The fraction of sp³-hybridized carbons (Fsp3) is 0.526. The molecule has 132 valence electrons. The number of hydrogen-bond acceptors (Lipinski definition) is 4. The molecule has 2 heterocycles. The van der Waals surface area contributed by atoms with Gasteiger partial charge in [-0.3, -0.25) is 4.79 Å². The summed E-state index contributed by atoms with van der Waals surface area (Å²) in [6.45, 7) is 4.55. The van der Waals surface area contributed by atoms with Gasteiger partial charge in [-0.15, -0.1) is 10.2 Å². The van der Waals surface area contributed by atoms with E-state index in [0.717, 1.165) is 43.5 Å². The summed E-state index contributed by atoms with van der Waals surface area (Å²) in [5.41, 5.74) is 1.24. The first-order valence-corrected chi connectivity index (χ1v) is 10.0. The van der Waals surface area contributed by atoms with Crippen LogP contribution in [0.4, 0.5) is 0 Å². The number of thioether (sulfide) groups is 1. The Hall–Kier alpha value is -1.82. The van der Waals surface area contributed by atoms with Gasteiger partial charge < -0.3 is 9.47 Å². The zero-order valence-electron chi connectivity index (χ0n) is 14.6. The van der Waals surface area contributed by atoms with E-state index in [4.69, 9.17) is 0 Å². The van der Waals surface area contributed by atoms with Crippen molar-refractivity contribution >= 4 is 17.7 Å². The van der Waals surface area contributed by atoms with Crippen molar-refractivity contribution in [1.82, 2.24) is 19.7 Å². The largest absolute Gasteiger partial charge is 0.342 e. The normalized spacial score (nSPS) is 18.5. The highest BCUT2D eigenvalue weighted by Gasteiger charge is 2.32. The third-order valence-corrected chi connectivity index (χ3v) is 5.99. The maximum Gasteiger partial charge on any atom is 0.235 e. The molecule has 1 saturated carbocycles. The monoisotopic (exact) mass is 356 g/mol. The maximum absolute atomic E-state index is 12.6. The highest BCUT2D eigenvalue weighted by atomic mass is 32.2. The minimum atomic E-state index is -0.121. The minimum absolute atomic E-state index is 0.121. The van der Waals surface area contributed by atoms with E-state index in [1.54, 1.807) is 11.8 Å². The molecule has 1 aromatic heterocycles. The van der Waals surface area contributed by atoms with Crippen LogP contribution in [0.2, 0.25) is 0 Å². The third kappa shape index (κ3) is 3.73. The van der Waals surface area contributed by atoms with Crippen LogP contribution in [-0.4, -0.2) is 43.9 Å². The van der Waals surface area contributed by atoms with Crippen LogP contribution in [0.5, 0.6) is 0 Å². The minimum Gasteiger partial charge on any atom is -0.342 e. The van der Waals surface area contributed by atoms with E-state index in [1.165, 1.54) is 18.4 Å². The fourth-order valence-electron chi connectivity index (χ4n) is 3.35. The predicted molar refractivity (Wildman–Crippen MR) is 98.7 cm³/mol. The second-order valence-electron chi connectivity index (χ2n) is 6.98. The van der Waals surface area contributed by atoms with Crippen LogP contribution in [0.25, 0.3) is 0 Å². The van der Waals surface area contributed by atoms with Crippen LogP contribution in [0.15, 0.2) is 35.5 Å². The van der Waals surface area contributed by atoms with Crippen molar-refractivity contribution in [3.8, 4) is 0 Å². The molecule has 2 aliphatic rings. The molecule has 1 saturated heterocycles. The van der Waals surface area contributed by atoms with E-state index in [1.807, 2.05) is 17.9 Å². The Bertz CT molecular complexity index is 735. The summed E-state index contributed by atoms with van der Waals surface area (Å²) in [5, 5.41) is 9.62. The average Bonchev–Trinajstić information content (AvgIpc) is 3.18. The van der Waals surface area contributed by atoms with Crippen molar-refractivity contribution < 1.29 is 4.79 Å². The van der Waals surface area contributed by atoms with Crippen LogP contribution in [0.1, 0.15) is 49.9 Å². The number of carbonyl (C=O) groups is 1. The number of rotatable bonds is 6. The lowest BCUT2D eigenvalue weighted by atomic mass is 10.2. The molecule has 0 N–H and O–H groups in total. The summed E-state index contributed by atoms with van der Waals surface area (Å²) >= 11 is 1.55. The number of carbonyl (C=O) groups excluding carboxylic acids is 1. The lowest BCUT2D eigenvalue weighted by molar-refractivity contribution is -0.129. The zero-order chi connectivity index (χ0) is 17.2. The van der Waals surface area contributed by atoms with Gasteiger partial charge in [0, 0.05) is 19.0 Å². The second-order valence-corrected chi connectivity index (χ2v) is 8.29. The van der Waals surface area contributed by atoms with Gasteiger partial charge >= 0.3 is 0 Å². The Balaban J connectivity index is 1.53. The Labute approximate surface area is 152 Å². The first-order valence-electron chi connectivity index (χ1n) is 9.15. The number of aromatic nitrogens is 3. The topological polar surface area (TPSA) is 51.0 Å². The van der Waals surface area contributed by atoms with Gasteiger partial charge in [-0.05, 0) is 38.2 Å². The molecule has 0 bridgehead atoms. The summed E-state index contributed by atoms with van der Waals surface area (Å²) < 4.78 is 2.21. The maximum atomic E-state index is 12.6. The Morgan fingerprint density at radius 3 is 2.60 bits per heavy atom. The van der Waals surface area contributed by atoms with Crippen LogP contribution >= 0.6 is 11.8 Å². The molecule has 2 fully saturated rings. The van der Waals surface area contributed by atoms with Crippen molar-refractivity contribution in [2.45, 2.75) is 55.5 Å². The van der Waals surface area contributed by atoms with Crippen molar-refractivity contribution in [2.24, 2.45) is 0 Å². The van der Waals surface area contributed by atoms with Crippen LogP contribution in [-0.2, 0) is 11.3 Å². The van der Waals surface area contributed by atoms with Gasteiger partial charge in [0.05, 0.1) is 11.8 Å². The SMILES string of the molecule is C[C@H](Sc1nnc(C2CC2)n1Cc1ccccc1)C(=O)N1CCCC1.